The molecule has 5 heteroatoms. The van der Waals surface area contributed by atoms with Gasteiger partial charge in [-0.05, 0) is 79.6 Å². The molecule has 1 N–H and O–H groups in total. The molecule has 1 unspecified atom stereocenters. The largest absolute Gasteiger partial charge is 0.444 e. The van der Waals surface area contributed by atoms with E-state index in [9.17, 15) is 4.79 Å². The van der Waals surface area contributed by atoms with Crippen molar-refractivity contribution >= 4 is 6.09 Å². The van der Waals surface area contributed by atoms with Gasteiger partial charge in [-0.2, -0.15) is 0 Å². The number of hydrogen-bond acceptors (Lipinski definition) is 4. The summed E-state index contributed by atoms with van der Waals surface area (Å²) in [5.74, 6) is 0. The lowest BCUT2D eigenvalue weighted by Crippen LogP contribution is -2.49. The molecule has 0 aromatic heterocycles. The van der Waals surface area contributed by atoms with Crippen LogP contribution >= 0.6 is 0 Å². The zero-order valence-electron chi connectivity index (χ0n) is 14.7. The summed E-state index contributed by atoms with van der Waals surface area (Å²) in [6, 6.07) is 0.976. The van der Waals surface area contributed by atoms with E-state index in [0.717, 1.165) is 38.5 Å². The van der Waals surface area contributed by atoms with Crippen molar-refractivity contribution in [2.24, 2.45) is 0 Å². The molecule has 2 rings (SSSR count). The quantitative estimate of drug-likeness (QED) is 0.866. The Hall–Kier alpha value is -0.810. The Labute approximate surface area is 135 Å². The summed E-state index contributed by atoms with van der Waals surface area (Å²) in [5, 5.41) is 3.03. The minimum atomic E-state index is -0.425. The predicted octanol–water partition coefficient (Wildman–Crippen LogP) is 2.46. The van der Waals surface area contributed by atoms with E-state index in [1.54, 1.807) is 0 Å². The number of carbonyl (C=O) groups is 1. The molecular weight excluding hydrogens is 278 g/mol. The molecule has 0 aliphatic carbocycles. The number of piperidine rings is 1. The van der Waals surface area contributed by atoms with Gasteiger partial charge in [-0.3, -0.25) is 0 Å². The first kappa shape index (κ1) is 17.5. The minimum absolute atomic E-state index is 0.227. The molecular formula is C17H33N3O2. The highest BCUT2D eigenvalue weighted by Gasteiger charge is 2.26. The fourth-order valence-electron chi connectivity index (χ4n) is 3.53. The van der Waals surface area contributed by atoms with E-state index in [1.807, 2.05) is 20.8 Å². The van der Waals surface area contributed by atoms with E-state index in [1.165, 1.54) is 25.8 Å². The average Bonchev–Trinajstić information content (AvgIpc) is 2.80. The van der Waals surface area contributed by atoms with Gasteiger partial charge < -0.3 is 19.9 Å². The summed E-state index contributed by atoms with van der Waals surface area (Å²) < 4.78 is 5.36. The molecule has 0 aromatic rings. The van der Waals surface area contributed by atoms with E-state index >= 15 is 0 Å². The summed E-state index contributed by atoms with van der Waals surface area (Å²) >= 11 is 0. The van der Waals surface area contributed by atoms with Crippen molar-refractivity contribution in [3.05, 3.63) is 0 Å². The number of ether oxygens (including phenoxy) is 1. The number of hydrogen-bond donors (Lipinski definition) is 1. The van der Waals surface area contributed by atoms with Crippen molar-refractivity contribution in [1.82, 2.24) is 15.1 Å². The third kappa shape index (κ3) is 5.76. The highest BCUT2D eigenvalue weighted by Crippen LogP contribution is 2.19. The highest BCUT2D eigenvalue weighted by molar-refractivity contribution is 5.68. The van der Waals surface area contributed by atoms with Crippen LogP contribution in [-0.2, 0) is 4.74 Å². The van der Waals surface area contributed by atoms with Crippen LogP contribution in [0.25, 0.3) is 0 Å². The molecule has 0 saturated carbocycles. The Morgan fingerprint density at radius 2 is 1.95 bits per heavy atom. The smallest absolute Gasteiger partial charge is 0.407 e. The maximum Gasteiger partial charge on any atom is 0.407 e. The number of nitrogens with one attached hydrogen (secondary N) is 1. The Morgan fingerprint density at radius 1 is 1.23 bits per heavy atom. The van der Waals surface area contributed by atoms with Gasteiger partial charge in [-0.15, -0.1) is 0 Å². The fourth-order valence-corrected chi connectivity index (χ4v) is 3.53. The monoisotopic (exact) mass is 311 g/mol. The minimum Gasteiger partial charge on any atom is -0.444 e. The third-order valence-corrected chi connectivity index (χ3v) is 4.68. The highest BCUT2D eigenvalue weighted by atomic mass is 16.6. The first-order chi connectivity index (χ1) is 10.3. The Balaban J connectivity index is 1.71. The van der Waals surface area contributed by atoms with Gasteiger partial charge in [0.25, 0.3) is 0 Å². The molecule has 2 aliphatic rings. The lowest BCUT2D eigenvalue weighted by atomic mass is 10.0. The number of nitrogens with zero attached hydrogens (tertiary/aromatic N) is 2. The van der Waals surface area contributed by atoms with Crippen molar-refractivity contribution in [2.75, 3.05) is 33.2 Å². The van der Waals surface area contributed by atoms with E-state index in [0.29, 0.717) is 0 Å². The van der Waals surface area contributed by atoms with Gasteiger partial charge in [0, 0.05) is 18.6 Å². The number of carbonyl (C=O) groups excluding carboxylic acids is 1. The molecule has 1 amide bonds. The molecule has 0 bridgehead atoms. The van der Waals surface area contributed by atoms with Crippen LogP contribution in [-0.4, -0.2) is 66.8 Å². The van der Waals surface area contributed by atoms with Gasteiger partial charge in [0.15, 0.2) is 0 Å². The SMILES string of the molecule is CN1CCCC1CCN1CCC[C@@H](NC(=O)OC(C)(C)C)C1. The summed E-state index contributed by atoms with van der Waals surface area (Å²) in [4.78, 5) is 16.9. The number of rotatable bonds is 4. The van der Waals surface area contributed by atoms with Crippen LogP contribution in [0, 0.1) is 0 Å². The number of amides is 1. The van der Waals surface area contributed by atoms with Crippen molar-refractivity contribution in [2.45, 2.75) is 70.6 Å². The molecule has 2 fully saturated rings. The van der Waals surface area contributed by atoms with Crippen LogP contribution in [0.2, 0.25) is 0 Å². The first-order valence-electron chi connectivity index (χ1n) is 8.75. The van der Waals surface area contributed by atoms with Crippen molar-refractivity contribution in [3.63, 3.8) is 0 Å². The Morgan fingerprint density at radius 3 is 2.59 bits per heavy atom. The van der Waals surface area contributed by atoms with E-state index in [-0.39, 0.29) is 12.1 Å². The van der Waals surface area contributed by atoms with Crippen LogP contribution < -0.4 is 5.32 Å². The van der Waals surface area contributed by atoms with Crippen LogP contribution in [0.15, 0.2) is 0 Å². The average molecular weight is 311 g/mol. The van der Waals surface area contributed by atoms with Crippen LogP contribution in [0.3, 0.4) is 0 Å². The first-order valence-corrected chi connectivity index (χ1v) is 8.75. The molecule has 22 heavy (non-hydrogen) atoms. The normalized spacial score (nSPS) is 27.8. The Kier molecular flexibility index (Phi) is 6.09. The van der Waals surface area contributed by atoms with Gasteiger partial charge in [-0.1, -0.05) is 0 Å². The van der Waals surface area contributed by atoms with Crippen LogP contribution in [0.1, 0.15) is 52.9 Å². The van der Waals surface area contributed by atoms with Gasteiger partial charge in [0.2, 0.25) is 0 Å². The van der Waals surface area contributed by atoms with Gasteiger partial charge in [0.1, 0.15) is 5.60 Å². The van der Waals surface area contributed by atoms with Crippen LogP contribution in [0.5, 0.6) is 0 Å². The summed E-state index contributed by atoms with van der Waals surface area (Å²) in [5.41, 5.74) is -0.425. The summed E-state index contributed by atoms with van der Waals surface area (Å²) in [7, 11) is 2.24. The molecule has 0 aromatic carbocycles. The second-order valence-electron chi connectivity index (χ2n) is 7.85. The molecule has 2 aliphatic heterocycles. The summed E-state index contributed by atoms with van der Waals surface area (Å²) in [6.07, 6.45) is 5.85. The lowest BCUT2D eigenvalue weighted by molar-refractivity contribution is 0.0470. The molecule has 5 nitrogen and oxygen atoms in total. The van der Waals surface area contributed by atoms with Crippen molar-refractivity contribution in [1.29, 1.82) is 0 Å². The predicted molar refractivity (Wildman–Crippen MR) is 89.1 cm³/mol. The van der Waals surface area contributed by atoms with Crippen LogP contribution in [0.4, 0.5) is 4.79 Å². The molecule has 0 spiro atoms. The number of likely N-dealkylation sites (tertiary alicyclic amines) is 2. The molecule has 128 valence electrons. The van der Waals surface area contributed by atoms with E-state index < -0.39 is 5.60 Å². The summed E-state index contributed by atoms with van der Waals surface area (Å²) in [6.45, 7) is 10.2. The second kappa shape index (κ2) is 7.64. The molecule has 2 atom stereocenters. The van der Waals surface area contributed by atoms with Gasteiger partial charge in [-0.25, -0.2) is 4.79 Å². The lowest BCUT2D eigenvalue weighted by Gasteiger charge is -2.34. The second-order valence-corrected chi connectivity index (χ2v) is 7.85. The third-order valence-electron chi connectivity index (χ3n) is 4.68. The number of alkyl carbamates (subject to hydrolysis) is 1. The van der Waals surface area contributed by atoms with Gasteiger partial charge >= 0.3 is 6.09 Å². The Bertz CT molecular complexity index is 367. The van der Waals surface area contributed by atoms with Crippen molar-refractivity contribution in [3.8, 4) is 0 Å². The topological polar surface area (TPSA) is 44.8 Å². The maximum atomic E-state index is 11.9. The standard InChI is InChI=1S/C17H33N3O2/c1-17(2,3)22-16(21)18-14-7-5-11-20(13-14)12-9-15-8-6-10-19(15)4/h14-15H,5-13H2,1-4H3,(H,18,21)/t14-,15?/m1/s1. The fraction of sp³-hybridized carbons (Fsp3) is 0.941. The van der Waals surface area contributed by atoms with Gasteiger partial charge in [0.05, 0.1) is 0 Å². The molecule has 2 saturated heterocycles. The van der Waals surface area contributed by atoms with E-state index in [4.69, 9.17) is 4.74 Å². The zero-order valence-corrected chi connectivity index (χ0v) is 14.7. The zero-order chi connectivity index (χ0) is 16.2. The molecule has 2 heterocycles. The van der Waals surface area contributed by atoms with E-state index in [2.05, 4.69) is 22.2 Å². The maximum absolute atomic E-state index is 11.9. The van der Waals surface area contributed by atoms with Crippen molar-refractivity contribution < 1.29 is 9.53 Å². The molecule has 0 radical (unpaired) electrons.